The molecule has 2 rings (SSSR count). The second kappa shape index (κ2) is 6.57. The van der Waals surface area contributed by atoms with E-state index in [4.69, 9.17) is 4.74 Å². The summed E-state index contributed by atoms with van der Waals surface area (Å²) >= 11 is 0. The summed E-state index contributed by atoms with van der Waals surface area (Å²) in [7, 11) is 0. The Labute approximate surface area is 114 Å². The number of hydrogen-bond donors (Lipinski definition) is 1. The Hall–Kier alpha value is -1.55. The number of nitrogens with zero attached hydrogens (tertiary/aromatic N) is 1. The predicted octanol–water partition coefficient (Wildman–Crippen LogP) is 2.31. The molecule has 0 spiro atoms. The van der Waals surface area contributed by atoms with E-state index in [-0.39, 0.29) is 17.8 Å². The minimum atomic E-state index is -0.123. The Morgan fingerprint density at radius 3 is 2.79 bits per heavy atom. The summed E-state index contributed by atoms with van der Waals surface area (Å²) in [6, 6.07) is 7.03. The van der Waals surface area contributed by atoms with Gasteiger partial charge in [0.15, 0.2) is 0 Å². The van der Waals surface area contributed by atoms with E-state index in [1.54, 1.807) is 12.1 Å². The number of ether oxygens (including phenoxy) is 1. The SMILES string of the molecule is CCOC(=O)C1CCCCN1Cc1ccc(O)cc1. The summed E-state index contributed by atoms with van der Waals surface area (Å²) in [5, 5.41) is 9.28. The highest BCUT2D eigenvalue weighted by Crippen LogP contribution is 2.21. The van der Waals surface area contributed by atoms with Gasteiger partial charge in [-0.25, -0.2) is 0 Å². The molecule has 0 bridgehead atoms. The van der Waals surface area contributed by atoms with Crippen molar-refractivity contribution < 1.29 is 14.6 Å². The van der Waals surface area contributed by atoms with Crippen LogP contribution in [0, 0.1) is 0 Å². The largest absolute Gasteiger partial charge is 0.508 e. The van der Waals surface area contributed by atoms with Crippen LogP contribution in [0.15, 0.2) is 24.3 Å². The maximum Gasteiger partial charge on any atom is 0.323 e. The summed E-state index contributed by atoms with van der Waals surface area (Å²) in [6.45, 7) is 3.92. The molecule has 1 aromatic rings. The van der Waals surface area contributed by atoms with Crippen molar-refractivity contribution in [1.29, 1.82) is 0 Å². The molecular formula is C15H21NO3. The maximum atomic E-state index is 11.9. The molecule has 4 heteroatoms. The van der Waals surface area contributed by atoms with Crippen LogP contribution in [0.4, 0.5) is 0 Å². The van der Waals surface area contributed by atoms with Crippen molar-refractivity contribution in [3.05, 3.63) is 29.8 Å². The minimum Gasteiger partial charge on any atom is -0.508 e. The van der Waals surface area contributed by atoms with Crippen molar-refractivity contribution in [1.82, 2.24) is 4.90 Å². The van der Waals surface area contributed by atoms with Crippen LogP contribution in [0.1, 0.15) is 31.7 Å². The van der Waals surface area contributed by atoms with Gasteiger partial charge in [-0.1, -0.05) is 18.6 Å². The second-order valence-electron chi connectivity index (χ2n) is 4.90. The van der Waals surface area contributed by atoms with Gasteiger partial charge in [-0.2, -0.15) is 0 Å². The molecule has 0 radical (unpaired) electrons. The molecule has 1 unspecified atom stereocenters. The molecule has 4 nitrogen and oxygen atoms in total. The molecule has 0 aliphatic carbocycles. The fraction of sp³-hybridized carbons (Fsp3) is 0.533. The Bertz CT molecular complexity index is 416. The number of aromatic hydroxyl groups is 1. The molecule has 1 saturated heterocycles. The third kappa shape index (κ3) is 3.70. The van der Waals surface area contributed by atoms with Crippen LogP contribution in [-0.4, -0.2) is 35.2 Å². The van der Waals surface area contributed by atoms with Gasteiger partial charge in [0.1, 0.15) is 11.8 Å². The average molecular weight is 263 g/mol. The minimum absolute atomic E-state index is 0.110. The summed E-state index contributed by atoms with van der Waals surface area (Å²) in [5.41, 5.74) is 1.11. The van der Waals surface area contributed by atoms with Crippen LogP contribution in [-0.2, 0) is 16.1 Å². The summed E-state index contributed by atoms with van der Waals surface area (Å²) in [6.07, 6.45) is 3.07. The lowest BCUT2D eigenvalue weighted by atomic mass is 10.0. The second-order valence-corrected chi connectivity index (χ2v) is 4.90. The first-order chi connectivity index (χ1) is 9.20. The molecule has 1 aliphatic rings. The van der Waals surface area contributed by atoms with Crippen molar-refractivity contribution >= 4 is 5.97 Å². The number of hydrogen-bond acceptors (Lipinski definition) is 4. The molecule has 19 heavy (non-hydrogen) atoms. The lowest BCUT2D eigenvalue weighted by Gasteiger charge is -2.33. The van der Waals surface area contributed by atoms with E-state index in [0.717, 1.165) is 37.9 Å². The third-order valence-corrected chi connectivity index (χ3v) is 3.49. The van der Waals surface area contributed by atoms with Crippen LogP contribution in [0.2, 0.25) is 0 Å². The first-order valence-corrected chi connectivity index (χ1v) is 6.89. The smallest absolute Gasteiger partial charge is 0.323 e. The zero-order chi connectivity index (χ0) is 13.7. The van der Waals surface area contributed by atoms with Crippen molar-refractivity contribution in [3.63, 3.8) is 0 Å². The van der Waals surface area contributed by atoms with E-state index in [0.29, 0.717) is 6.61 Å². The van der Waals surface area contributed by atoms with Gasteiger partial charge in [-0.05, 0) is 44.0 Å². The van der Waals surface area contributed by atoms with Gasteiger partial charge >= 0.3 is 5.97 Å². The van der Waals surface area contributed by atoms with Crippen molar-refractivity contribution in [2.75, 3.05) is 13.2 Å². The molecule has 0 saturated carbocycles. The Balaban J connectivity index is 2.03. The number of rotatable bonds is 4. The molecular weight excluding hydrogens is 242 g/mol. The molecule has 1 heterocycles. The highest BCUT2D eigenvalue weighted by molar-refractivity contribution is 5.75. The fourth-order valence-electron chi connectivity index (χ4n) is 2.52. The number of carbonyl (C=O) groups is 1. The third-order valence-electron chi connectivity index (χ3n) is 3.49. The Kier molecular flexibility index (Phi) is 4.80. The van der Waals surface area contributed by atoms with Crippen LogP contribution in [0.25, 0.3) is 0 Å². The van der Waals surface area contributed by atoms with E-state index in [2.05, 4.69) is 4.90 Å². The fourth-order valence-corrected chi connectivity index (χ4v) is 2.52. The van der Waals surface area contributed by atoms with Crippen molar-refractivity contribution in [3.8, 4) is 5.75 Å². The van der Waals surface area contributed by atoms with Gasteiger partial charge in [-0.15, -0.1) is 0 Å². The molecule has 104 valence electrons. The molecule has 1 aromatic carbocycles. The number of esters is 1. The van der Waals surface area contributed by atoms with Gasteiger partial charge in [-0.3, -0.25) is 9.69 Å². The molecule has 1 fully saturated rings. The van der Waals surface area contributed by atoms with Gasteiger partial charge < -0.3 is 9.84 Å². The highest BCUT2D eigenvalue weighted by atomic mass is 16.5. The highest BCUT2D eigenvalue weighted by Gasteiger charge is 2.29. The predicted molar refractivity (Wildman–Crippen MR) is 72.8 cm³/mol. The number of likely N-dealkylation sites (tertiary alicyclic amines) is 1. The van der Waals surface area contributed by atoms with E-state index in [9.17, 15) is 9.90 Å². The molecule has 1 atom stereocenters. The van der Waals surface area contributed by atoms with Gasteiger partial charge in [0.25, 0.3) is 0 Å². The summed E-state index contributed by atoms with van der Waals surface area (Å²) in [4.78, 5) is 14.1. The Morgan fingerprint density at radius 1 is 1.37 bits per heavy atom. The van der Waals surface area contributed by atoms with Gasteiger partial charge in [0.05, 0.1) is 6.61 Å². The lowest BCUT2D eigenvalue weighted by molar-refractivity contribution is -0.151. The molecule has 0 amide bonds. The molecule has 1 aliphatic heterocycles. The first kappa shape index (κ1) is 13.9. The maximum absolute atomic E-state index is 11.9. The normalized spacial score (nSPS) is 20.2. The Morgan fingerprint density at radius 2 is 2.11 bits per heavy atom. The molecule has 1 N–H and O–H groups in total. The zero-order valence-electron chi connectivity index (χ0n) is 11.3. The van der Waals surface area contributed by atoms with E-state index in [1.165, 1.54) is 0 Å². The van der Waals surface area contributed by atoms with Gasteiger partial charge in [0.2, 0.25) is 0 Å². The van der Waals surface area contributed by atoms with E-state index < -0.39 is 0 Å². The van der Waals surface area contributed by atoms with Crippen molar-refractivity contribution in [2.45, 2.75) is 38.8 Å². The van der Waals surface area contributed by atoms with Crippen LogP contribution in [0.5, 0.6) is 5.75 Å². The molecule has 0 aromatic heterocycles. The monoisotopic (exact) mass is 263 g/mol. The summed E-state index contributed by atoms with van der Waals surface area (Å²) < 4.78 is 5.15. The summed E-state index contributed by atoms with van der Waals surface area (Å²) in [5.74, 6) is 0.158. The van der Waals surface area contributed by atoms with E-state index in [1.807, 2.05) is 19.1 Å². The lowest BCUT2D eigenvalue weighted by Crippen LogP contribution is -2.44. The number of piperidine rings is 1. The average Bonchev–Trinajstić information content (AvgIpc) is 2.42. The first-order valence-electron chi connectivity index (χ1n) is 6.89. The van der Waals surface area contributed by atoms with Crippen LogP contribution >= 0.6 is 0 Å². The van der Waals surface area contributed by atoms with Gasteiger partial charge in [0, 0.05) is 6.54 Å². The standard InChI is InChI=1S/C15H21NO3/c1-2-19-15(18)14-5-3-4-10-16(14)11-12-6-8-13(17)9-7-12/h6-9,14,17H,2-5,10-11H2,1H3. The number of phenolic OH excluding ortho intramolecular Hbond substituents is 1. The quantitative estimate of drug-likeness (QED) is 0.847. The van der Waals surface area contributed by atoms with Crippen LogP contribution < -0.4 is 0 Å². The number of phenols is 1. The zero-order valence-corrected chi connectivity index (χ0v) is 11.3. The van der Waals surface area contributed by atoms with E-state index >= 15 is 0 Å². The van der Waals surface area contributed by atoms with Crippen molar-refractivity contribution in [2.24, 2.45) is 0 Å². The number of carbonyl (C=O) groups excluding carboxylic acids is 1. The van der Waals surface area contributed by atoms with Crippen LogP contribution in [0.3, 0.4) is 0 Å². The topological polar surface area (TPSA) is 49.8 Å². The number of benzene rings is 1.